The van der Waals surface area contributed by atoms with Crippen molar-refractivity contribution in [2.75, 3.05) is 38.0 Å². The summed E-state index contributed by atoms with van der Waals surface area (Å²) < 4.78 is 5.21. The molecule has 0 bridgehead atoms. The fraction of sp³-hybridized carbons (Fsp3) is 0.364. The molecule has 2 N–H and O–H groups in total. The van der Waals surface area contributed by atoms with Crippen LogP contribution >= 0.6 is 0 Å². The summed E-state index contributed by atoms with van der Waals surface area (Å²) in [6.07, 6.45) is 1.85. The zero-order valence-electron chi connectivity index (χ0n) is 16.6. The van der Waals surface area contributed by atoms with E-state index in [1.165, 1.54) is 0 Å². The Bertz CT molecular complexity index is 842. The molecule has 0 unspecified atom stereocenters. The predicted molar refractivity (Wildman–Crippen MR) is 111 cm³/mol. The summed E-state index contributed by atoms with van der Waals surface area (Å²) >= 11 is 0. The first-order chi connectivity index (χ1) is 13.4. The Morgan fingerprint density at radius 1 is 1.07 bits per heavy atom. The summed E-state index contributed by atoms with van der Waals surface area (Å²) in [7, 11) is 5.55. The van der Waals surface area contributed by atoms with Crippen LogP contribution in [-0.2, 0) is 16.0 Å². The molecule has 148 valence electrons. The maximum Gasteiger partial charge on any atom is 0.240 e. The van der Waals surface area contributed by atoms with E-state index in [9.17, 15) is 9.59 Å². The Balaban J connectivity index is 1.53. The number of ether oxygens (including phenoxy) is 1. The van der Waals surface area contributed by atoms with Gasteiger partial charge in [0.1, 0.15) is 11.2 Å². The smallest absolute Gasteiger partial charge is 0.240 e. The highest BCUT2D eigenvalue weighted by Gasteiger charge is 2.56. The van der Waals surface area contributed by atoms with Gasteiger partial charge in [-0.15, -0.1) is 0 Å². The molecule has 1 aliphatic rings. The Morgan fingerprint density at radius 2 is 1.79 bits per heavy atom. The second-order valence-electron chi connectivity index (χ2n) is 7.33. The van der Waals surface area contributed by atoms with Crippen molar-refractivity contribution >= 4 is 23.2 Å². The van der Waals surface area contributed by atoms with Crippen LogP contribution in [0.2, 0.25) is 0 Å². The molecule has 0 heterocycles. The molecule has 6 nitrogen and oxygen atoms in total. The highest BCUT2D eigenvalue weighted by molar-refractivity contribution is 6.13. The average Bonchev–Trinajstić information content (AvgIpc) is 3.50. The molecule has 0 atom stereocenters. The third-order valence-electron chi connectivity index (χ3n) is 5.09. The molecular weight excluding hydrogens is 354 g/mol. The van der Waals surface area contributed by atoms with Crippen LogP contribution in [0.15, 0.2) is 48.5 Å². The largest absolute Gasteiger partial charge is 0.497 e. The molecular formula is C22H27N3O3. The van der Waals surface area contributed by atoms with E-state index < -0.39 is 5.41 Å². The Kier molecular flexibility index (Phi) is 5.87. The quantitative estimate of drug-likeness (QED) is 0.690. The van der Waals surface area contributed by atoms with Crippen molar-refractivity contribution < 1.29 is 14.3 Å². The fourth-order valence-electron chi connectivity index (χ4n) is 3.09. The first kappa shape index (κ1) is 19.7. The maximum atomic E-state index is 12.7. The standard InChI is InChI=1S/C22H27N3O3/c1-25(2)18-9-7-17(8-10-18)24-21(27)22(12-13-22)20(26)23-14-11-16-5-4-6-19(15-16)28-3/h4-10,15H,11-14H2,1-3H3,(H,23,26)(H,24,27). The fourth-order valence-corrected chi connectivity index (χ4v) is 3.09. The number of methoxy groups -OCH3 is 1. The molecule has 1 saturated carbocycles. The molecule has 1 aliphatic carbocycles. The van der Waals surface area contributed by atoms with Crippen LogP contribution in [0.25, 0.3) is 0 Å². The molecule has 0 aliphatic heterocycles. The lowest BCUT2D eigenvalue weighted by molar-refractivity contribution is -0.134. The van der Waals surface area contributed by atoms with E-state index in [0.717, 1.165) is 17.0 Å². The van der Waals surface area contributed by atoms with E-state index in [-0.39, 0.29) is 11.8 Å². The van der Waals surface area contributed by atoms with Gasteiger partial charge in [-0.3, -0.25) is 9.59 Å². The number of nitrogens with zero attached hydrogens (tertiary/aromatic N) is 1. The second-order valence-corrected chi connectivity index (χ2v) is 7.33. The van der Waals surface area contributed by atoms with Gasteiger partial charge in [0.25, 0.3) is 0 Å². The summed E-state index contributed by atoms with van der Waals surface area (Å²) in [5, 5.41) is 5.79. The van der Waals surface area contributed by atoms with E-state index in [0.29, 0.717) is 31.5 Å². The minimum atomic E-state index is -0.936. The summed E-state index contributed by atoms with van der Waals surface area (Å²) in [5.41, 5.74) is 1.89. The second kappa shape index (κ2) is 8.33. The topological polar surface area (TPSA) is 70.7 Å². The predicted octanol–water partition coefficient (Wildman–Crippen LogP) is 2.84. The SMILES string of the molecule is COc1cccc(CCNC(=O)C2(C(=O)Nc3ccc(N(C)C)cc3)CC2)c1. The Morgan fingerprint density at radius 3 is 2.39 bits per heavy atom. The minimum absolute atomic E-state index is 0.196. The van der Waals surface area contributed by atoms with Gasteiger partial charge >= 0.3 is 0 Å². The third-order valence-corrected chi connectivity index (χ3v) is 5.09. The zero-order valence-corrected chi connectivity index (χ0v) is 16.6. The molecule has 2 aromatic carbocycles. The van der Waals surface area contributed by atoms with Gasteiger partial charge in [0.2, 0.25) is 11.8 Å². The van der Waals surface area contributed by atoms with Crippen LogP contribution in [0.5, 0.6) is 5.75 Å². The Hall–Kier alpha value is -3.02. The van der Waals surface area contributed by atoms with Crippen LogP contribution in [0.1, 0.15) is 18.4 Å². The van der Waals surface area contributed by atoms with Crippen LogP contribution < -0.4 is 20.3 Å². The number of anilines is 2. The summed E-state index contributed by atoms with van der Waals surface area (Å²) in [6.45, 7) is 0.485. The lowest BCUT2D eigenvalue weighted by Crippen LogP contribution is -2.40. The van der Waals surface area contributed by atoms with Crippen molar-refractivity contribution in [3.8, 4) is 5.75 Å². The lowest BCUT2D eigenvalue weighted by atomic mass is 10.0. The summed E-state index contributed by atoms with van der Waals surface area (Å²) in [5.74, 6) is 0.365. The molecule has 0 aromatic heterocycles. The van der Waals surface area contributed by atoms with E-state index in [1.54, 1.807) is 7.11 Å². The van der Waals surface area contributed by atoms with Gasteiger partial charge in [-0.25, -0.2) is 0 Å². The van der Waals surface area contributed by atoms with Gasteiger partial charge in [0.05, 0.1) is 7.11 Å². The van der Waals surface area contributed by atoms with Crippen molar-refractivity contribution in [1.29, 1.82) is 0 Å². The van der Waals surface area contributed by atoms with Gasteiger partial charge in [0, 0.05) is 32.0 Å². The first-order valence-corrected chi connectivity index (χ1v) is 9.45. The average molecular weight is 381 g/mol. The number of carbonyl (C=O) groups excluding carboxylic acids is 2. The normalized spacial score (nSPS) is 14.1. The molecule has 2 aromatic rings. The number of hydrogen-bond donors (Lipinski definition) is 2. The van der Waals surface area contributed by atoms with Crippen molar-refractivity contribution in [3.05, 3.63) is 54.1 Å². The highest BCUT2D eigenvalue weighted by atomic mass is 16.5. The first-order valence-electron chi connectivity index (χ1n) is 9.45. The number of nitrogens with one attached hydrogen (secondary N) is 2. The lowest BCUT2D eigenvalue weighted by Gasteiger charge is -2.17. The van der Waals surface area contributed by atoms with Crippen LogP contribution in [0.3, 0.4) is 0 Å². The van der Waals surface area contributed by atoms with E-state index in [1.807, 2.05) is 67.5 Å². The molecule has 1 fully saturated rings. The zero-order chi connectivity index (χ0) is 20.1. The Labute approximate surface area is 165 Å². The molecule has 6 heteroatoms. The maximum absolute atomic E-state index is 12.7. The summed E-state index contributed by atoms with van der Waals surface area (Å²) in [6, 6.07) is 15.3. The van der Waals surface area contributed by atoms with Gasteiger partial charge in [-0.1, -0.05) is 12.1 Å². The van der Waals surface area contributed by atoms with Crippen LogP contribution in [0, 0.1) is 5.41 Å². The van der Waals surface area contributed by atoms with E-state index >= 15 is 0 Å². The molecule has 2 amide bonds. The van der Waals surface area contributed by atoms with Gasteiger partial charge in [-0.05, 0) is 61.2 Å². The van der Waals surface area contributed by atoms with Gasteiger partial charge in [-0.2, -0.15) is 0 Å². The van der Waals surface area contributed by atoms with Crippen LogP contribution in [-0.4, -0.2) is 39.6 Å². The minimum Gasteiger partial charge on any atom is -0.497 e. The molecule has 28 heavy (non-hydrogen) atoms. The van der Waals surface area contributed by atoms with Crippen molar-refractivity contribution in [2.24, 2.45) is 5.41 Å². The van der Waals surface area contributed by atoms with Crippen molar-refractivity contribution in [2.45, 2.75) is 19.3 Å². The van der Waals surface area contributed by atoms with Gasteiger partial charge < -0.3 is 20.3 Å². The molecule has 0 spiro atoms. The van der Waals surface area contributed by atoms with E-state index in [2.05, 4.69) is 10.6 Å². The monoisotopic (exact) mass is 381 g/mol. The van der Waals surface area contributed by atoms with Crippen molar-refractivity contribution in [3.63, 3.8) is 0 Å². The van der Waals surface area contributed by atoms with Crippen molar-refractivity contribution in [1.82, 2.24) is 5.32 Å². The van der Waals surface area contributed by atoms with Crippen LogP contribution in [0.4, 0.5) is 11.4 Å². The number of benzene rings is 2. The third kappa shape index (κ3) is 4.44. The number of amides is 2. The molecule has 0 radical (unpaired) electrons. The molecule has 3 rings (SSSR count). The van der Waals surface area contributed by atoms with Gasteiger partial charge in [0.15, 0.2) is 0 Å². The number of rotatable bonds is 8. The number of carbonyl (C=O) groups is 2. The summed E-state index contributed by atoms with van der Waals surface area (Å²) in [4.78, 5) is 27.3. The number of hydrogen-bond acceptors (Lipinski definition) is 4. The molecule has 0 saturated heterocycles. The van der Waals surface area contributed by atoms with E-state index in [4.69, 9.17) is 4.74 Å². The highest BCUT2D eigenvalue weighted by Crippen LogP contribution is 2.46.